The van der Waals surface area contributed by atoms with Gasteiger partial charge in [-0.3, -0.25) is 37.3 Å². The number of phosphoric ester groups is 2. The summed E-state index contributed by atoms with van der Waals surface area (Å²) in [4.78, 5) is 73.0. The van der Waals surface area contributed by atoms with E-state index >= 15 is 0 Å². The van der Waals surface area contributed by atoms with Crippen LogP contribution in [0.15, 0.2) is 0 Å². The number of carbonyl (C=O) groups excluding carboxylic acids is 4. The second-order valence-electron chi connectivity index (χ2n) is 30.0. The molecular weight excluding hydrogens is 1290 g/mol. The number of rotatable bonds is 78. The molecule has 0 saturated carbocycles. The quantitative estimate of drug-likeness (QED) is 0.0222. The average molecular weight is 1450 g/mol. The summed E-state index contributed by atoms with van der Waals surface area (Å²) in [5.41, 5.74) is 0. The van der Waals surface area contributed by atoms with E-state index in [0.717, 1.165) is 108 Å². The Morgan fingerprint density at radius 3 is 0.768 bits per heavy atom. The highest BCUT2D eigenvalue weighted by Crippen LogP contribution is 2.45. The first-order valence-electron chi connectivity index (χ1n) is 41.4. The van der Waals surface area contributed by atoms with E-state index in [1.54, 1.807) is 0 Å². The van der Waals surface area contributed by atoms with Crippen LogP contribution in [0, 0.1) is 17.8 Å². The van der Waals surface area contributed by atoms with Crippen molar-refractivity contribution in [2.24, 2.45) is 17.8 Å². The number of ether oxygens (including phenoxy) is 4. The van der Waals surface area contributed by atoms with Crippen molar-refractivity contribution >= 4 is 39.5 Å². The Balaban J connectivity index is 5.26. The maximum Gasteiger partial charge on any atom is 0.472 e. The van der Waals surface area contributed by atoms with Gasteiger partial charge in [-0.15, -0.1) is 0 Å². The topological polar surface area (TPSA) is 237 Å². The highest BCUT2D eigenvalue weighted by atomic mass is 31.2. The normalized spacial score (nSPS) is 14.3. The van der Waals surface area contributed by atoms with Gasteiger partial charge in [-0.1, -0.05) is 363 Å². The summed E-state index contributed by atoms with van der Waals surface area (Å²) in [5, 5.41) is 10.6. The van der Waals surface area contributed by atoms with E-state index in [4.69, 9.17) is 37.0 Å². The Morgan fingerprint density at radius 2 is 0.515 bits per heavy atom. The number of aliphatic hydroxyl groups excluding tert-OH is 1. The molecule has 0 aromatic heterocycles. The Kier molecular flexibility index (Phi) is 69.0. The van der Waals surface area contributed by atoms with Gasteiger partial charge in [-0.05, 0) is 43.4 Å². The minimum Gasteiger partial charge on any atom is -0.462 e. The molecule has 3 unspecified atom stereocenters. The lowest BCUT2D eigenvalue weighted by Crippen LogP contribution is -2.30. The smallest absolute Gasteiger partial charge is 0.462 e. The summed E-state index contributed by atoms with van der Waals surface area (Å²) < 4.78 is 68.7. The molecule has 0 aliphatic rings. The molecule has 588 valence electrons. The molecule has 0 aromatic rings. The van der Waals surface area contributed by atoms with Crippen molar-refractivity contribution in [1.82, 2.24) is 0 Å². The van der Waals surface area contributed by atoms with Crippen LogP contribution in [-0.4, -0.2) is 96.7 Å². The third-order valence-electron chi connectivity index (χ3n) is 19.0. The van der Waals surface area contributed by atoms with E-state index in [1.165, 1.54) is 225 Å². The summed E-state index contributed by atoms with van der Waals surface area (Å²) in [6.07, 6.45) is 58.1. The van der Waals surface area contributed by atoms with Crippen LogP contribution in [0.2, 0.25) is 0 Å². The highest BCUT2D eigenvalue weighted by Gasteiger charge is 2.30. The monoisotopic (exact) mass is 1450 g/mol. The first-order valence-corrected chi connectivity index (χ1v) is 44.4. The number of esters is 4. The van der Waals surface area contributed by atoms with E-state index in [2.05, 4.69) is 48.5 Å². The molecule has 0 radical (unpaired) electrons. The van der Waals surface area contributed by atoms with E-state index in [1.807, 2.05) is 0 Å². The number of phosphoric acid groups is 2. The zero-order valence-electron chi connectivity index (χ0n) is 65.0. The van der Waals surface area contributed by atoms with Crippen molar-refractivity contribution in [3.63, 3.8) is 0 Å². The van der Waals surface area contributed by atoms with Crippen molar-refractivity contribution in [1.29, 1.82) is 0 Å². The second-order valence-corrected chi connectivity index (χ2v) is 32.9. The lowest BCUT2D eigenvalue weighted by molar-refractivity contribution is -0.161. The van der Waals surface area contributed by atoms with Gasteiger partial charge in [-0.2, -0.15) is 0 Å². The Bertz CT molecular complexity index is 1920. The Labute approximate surface area is 607 Å². The zero-order chi connectivity index (χ0) is 73.0. The summed E-state index contributed by atoms with van der Waals surface area (Å²) >= 11 is 0. The van der Waals surface area contributed by atoms with Gasteiger partial charge >= 0.3 is 39.5 Å². The fourth-order valence-corrected chi connectivity index (χ4v) is 13.9. The molecule has 0 heterocycles. The van der Waals surface area contributed by atoms with Crippen molar-refractivity contribution < 1.29 is 80.2 Å². The minimum absolute atomic E-state index is 0.106. The SMILES string of the molecule is CCCCCCCCCCCCCC(=O)OC[C@H](COP(=O)(O)OC[C@H](O)COP(=O)(O)OC[C@@H](COC(=O)CCCCCCCCCCCCCCCCC(C)C)OC(=O)CCCCCCCCCCCCCCCCC(C)CC)OC(=O)CCCCCCCCCCCCC(C)C. The van der Waals surface area contributed by atoms with Crippen LogP contribution >= 0.6 is 15.6 Å². The average Bonchev–Trinajstić information content (AvgIpc) is 0.984. The first kappa shape index (κ1) is 97.1. The number of hydrogen-bond donors (Lipinski definition) is 3. The van der Waals surface area contributed by atoms with Crippen LogP contribution in [-0.2, 0) is 65.4 Å². The van der Waals surface area contributed by atoms with E-state index < -0.39 is 97.5 Å². The van der Waals surface area contributed by atoms with Gasteiger partial charge in [0, 0.05) is 25.7 Å². The summed E-state index contributed by atoms with van der Waals surface area (Å²) in [6.45, 7) is 12.0. The molecule has 19 heteroatoms. The second kappa shape index (κ2) is 70.4. The molecule has 0 aliphatic carbocycles. The summed E-state index contributed by atoms with van der Waals surface area (Å²) in [6, 6.07) is 0. The standard InChI is InChI=1S/C80H156O17P2/c1-8-10-11-12-13-14-23-33-40-47-54-61-77(82)90-67-76(97-80(85)64-57-50-43-36-29-28-31-38-45-52-59-72(5)6)70-95-99(88,89)93-66-74(81)65-92-98(86,87)94-69-75(68-91-78(83)62-55-48-41-34-26-21-17-15-19-24-30-37-44-51-58-71(3)4)96-79(84)63-56-49-42-35-27-22-18-16-20-25-32-39-46-53-60-73(7)9-2/h71-76,81H,8-70H2,1-7H3,(H,86,87)(H,88,89)/t73?,74-,75-,76-/m1/s1. The molecule has 99 heavy (non-hydrogen) atoms. The van der Waals surface area contributed by atoms with Crippen LogP contribution in [0.1, 0.15) is 414 Å². The Morgan fingerprint density at radius 1 is 0.293 bits per heavy atom. The van der Waals surface area contributed by atoms with Crippen molar-refractivity contribution in [2.75, 3.05) is 39.6 Å². The van der Waals surface area contributed by atoms with E-state index in [9.17, 15) is 43.2 Å². The van der Waals surface area contributed by atoms with Gasteiger partial charge in [0.25, 0.3) is 0 Å². The molecular formula is C80H156O17P2. The molecule has 0 spiro atoms. The molecule has 0 aromatic carbocycles. The van der Waals surface area contributed by atoms with E-state index in [-0.39, 0.29) is 25.7 Å². The van der Waals surface area contributed by atoms with Crippen LogP contribution in [0.3, 0.4) is 0 Å². The molecule has 3 N–H and O–H groups in total. The highest BCUT2D eigenvalue weighted by molar-refractivity contribution is 7.47. The molecule has 17 nitrogen and oxygen atoms in total. The number of hydrogen-bond acceptors (Lipinski definition) is 15. The molecule has 6 atom stereocenters. The molecule has 0 bridgehead atoms. The lowest BCUT2D eigenvalue weighted by atomic mass is 9.99. The van der Waals surface area contributed by atoms with E-state index in [0.29, 0.717) is 25.7 Å². The van der Waals surface area contributed by atoms with Crippen molar-refractivity contribution in [3.8, 4) is 0 Å². The molecule has 0 rings (SSSR count). The summed E-state index contributed by atoms with van der Waals surface area (Å²) in [5.74, 6) is 0.286. The predicted octanol–water partition coefficient (Wildman–Crippen LogP) is 23.7. The molecule has 0 saturated heterocycles. The molecule has 0 amide bonds. The van der Waals surface area contributed by atoms with Crippen LogP contribution in [0.4, 0.5) is 0 Å². The fourth-order valence-electron chi connectivity index (χ4n) is 12.3. The first-order chi connectivity index (χ1) is 47.8. The fraction of sp³-hybridized carbons (Fsp3) is 0.950. The number of unbranched alkanes of at least 4 members (excludes halogenated alkanes) is 45. The van der Waals surface area contributed by atoms with Gasteiger partial charge in [0.15, 0.2) is 12.2 Å². The number of carbonyl (C=O) groups is 4. The predicted molar refractivity (Wildman–Crippen MR) is 405 cm³/mol. The van der Waals surface area contributed by atoms with Gasteiger partial charge in [0.05, 0.1) is 26.4 Å². The summed E-state index contributed by atoms with van der Waals surface area (Å²) in [7, 11) is -9.92. The van der Waals surface area contributed by atoms with Gasteiger partial charge < -0.3 is 33.8 Å². The van der Waals surface area contributed by atoms with Crippen molar-refractivity contribution in [2.45, 2.75) is 433 Å². The minimum atomic E-state index is -4.96. The van der Waals surface area contributed by atoms with Crippen LogP contribution in [0.5, 0.6) is 0 Å². The van der Waals surface area contributed by atoms with Gasteiger partial charge in [-0.25, -0.2) is 9.13 Å². The van der Waals surface area contributed by atoms with Crippen LogP contribution < -0.4 is 0 Å². The number of aliphatic hydroxyl groups is 1. The maximum absolute atomic E-state index is 13.1. The Hall–Kier alpha value is -1.94. The molecule has 0 aliphatic heterocycles. The third-order valence-corrected chi connectivity index (χ3v) is 20.9. The maximum atomic E-state index is 13.1. The van der Waals surface area contributed by atoms with Gasteiger partial charge in [0.2, 0.25) is 0 Å². The lowest BCUT2D eigenvalue weighted by Gasteiger charge is -2.21. The van der Waals surface area contributed by atoms with Gasteiger partial charge in [0.1, 0.15) is 19.3 Å². The van der Waals surface area contributed by atoms with Crippen LogP contribution in [0.25, 0.3) is 0 Å². The molecule has 0 fully saturated rings. The third kappa shape index (κ3) is 72.8. The van der Waals surface area contributed by atoms with Crippen molar-refractivity contribution in [3.05, 3.63) is 0 Å². The largest absolute Gasteiger partial charge is 0.472 e. The zero-order valence-corrected chi connectivity index (χ0v) is 66.8.